The van der Waals surface area contributed by atoms with E-state index in [0.717, 1.165) is 33.9 Å². The maximum Gasteiger partial charge on any atom is 0.247 e. The predicted molar refractivity (Wildman–Crippen MR) is 129 cm³/mol. The summed E-state index contributed by atoms with van der Waals surface area (Å²) in [7, 11) is 0. The molecule has 3 aromatic carbocycles. The first-order valence-corrected chi connectivity index (χ1v) is 11.0. The molecule has 1 atom stereocenters. The third-order valence-corrected chi connectivity index (χ3v) is 5.46. The van der Waals surface area contributed by atoms with E-state index >= 15 is 0 Å². The van der Waals surface area contributed by atoms with Crippen LogP contribution in [0.4, 0.5) is 5.69 Å². The van der Waals surface area contributed by atoms with E-state index in [0.29, 0.717) is 0 Å². The number of hydrogen-bond donors (Lipinski definition) is 0. The van der Waals surface area contributed by atoms with Crippen molar-refractivity contribution in [3.05, 3.63) is 90.3 Å². The van der Waals surface area contributed by atoms with Gasteiger partial charge in [-0.15, -0.1) is 0 Å². The molecule has 0 N–H and O–H groups in total. The van der Waals surface area contributed by atoms with Crippen molar-refractivity contribution in [2.75, 3.05) is 4.90 Å². The van der Waals surface area contributed by atoms with Crippen molar-refractivity contribution in [2.24, 2.45) is 0 Å². The third kappa shape index (κ3) is 4.52. The molecule has 1 amide bonds. The summed E-state index contributed by atoms with van der Waals surface area (Å²) in [6, 6.07) is 25.7. The van der Waals surface area contributed by atoms with Crippen molar-refractivity contribution in [2.45, 2.75) is 46.4 Å². The lowest BCUT2D eigenvalue weighted by molar-refractivity contribution is -0.119. The van der Waals surface area contributed by atoms with Gasteiger partial charge in [0.05, 0.1) is 11.0 Å². The molecule has 1 aromatic heterocycles. The Labute approximate surface area is 189 Å². The fourth-order valence-corrected chi connectivity index (χ4v) is 4.05. The number of aryl methyl sites for hydroxylation is 1. The van der Waals surface area contributed by atoms with Gasteiger partial charge in [-0.05, 0) is 69.7 Å². The van der Waals surface area contributed by atoms with Crippen LogP contribution in [0, 0.1) is 6.92 Å². The van der Waals surface area contributed by atoms with E-state index in [4.69, 9.17) is 9.72 Å². The van der Waals surface area contributed by atoms with Crippen molar-refractivity contribution < 1.29 is 9.53 Å². The van der Waals surface area contributed by atoms with Crippen LogP contribution in [-0.4, -0.2) is 21.5 Å². The van der Waals surface area contributed by atoms with Crippen LogP contribution in [-0.2, 0) is 11.3 Å². The van der Waals surface area contributed by atoms with Gasteiger partial charge in [0.1, 0.15) is 12.3 Å². The van der Waals surface area contributed by atoms with Crippen molar-refractivity contribution in [3.63, 3.8) is 0 Å². The third-order valence-electron chi connectivity index (χ3n) is 5.46. The number of fused-ring (bicyclic) bond motifs is 1. The second-order valence-corrected chi connectivity index (χ2v) is 8.31. The molecule has 0 aliphatic rings. The molecule has 0 unspecified atom stereocenters. The van der Waals surface area contributed by atoms with Crippen LogP contribution >= 0.6 is 0 Å². The van der Waals surface area contributed by atoms with Crippen LogP contribution in [0.3, 0.4) is 0 Å². The van der Waals surface area contributed by atoms with E-state index in [1.165, 1.54) is 0 Å². The van der Waals surface area contributed by atoms with Gasteiger partial charge in [-0.25, -0.2) is 4.98 Å². The van der Waals surface area contributed by atoms with Gasteiger partial charge < -0.3 is 14.2 Å². The van der Waals surface area contributed by atoms with Crippen molar-refractivity contribution in [3.8, 4) is 5.75 Å². The van der Waals surface area contributed by atoms with Gasteiger partial charge in [-0.2, -0.15) is 0 Å². The van der Waals surface area contributed by atoms with Gasteiger partial charge in [0.25, 0.3) is 0 Å². The molecule has 0 fully saturated rings. The van der Waals surface area contributed by atoms with Crippen LogP contribution < -0.4 is 9.64 Å². The van der Waals surface area contributed by atoms with Gasteiger partial charge in [0, 0.05) is 11.7 Å². The molecule has 32 heavy (non-hydrogen) atoms. The highest BCUT2D eigenvalue weighted by atomic mass is 16.5. The Balaban J connectivity index is 1.69. The van der Waals surface area contributed by atoms with Gasteiger partial charge in [-0.3, -0.25) is 4.79 Å². The summed E-state index contributed by atoms with van der Waals surface area (Å²) in [5.41, 5.74) is 3.80. The minimum absolute atomic E-state index is 0.0124. The van der Waals surface area contributed by atoms with Crippen molar-refractivity contribution >= 4 is 22.6 Å². The van der Waals surface area contributed by atoms with Crippen LogP contribution in [0.2, 0.25) is 0 Å². The molecule has 0 aliphatic carbocycles. The van der Waals surface area contributed by atoms with Gasteiger partial charge in [-0.1, -0.05) is 42.5 Å². The van der Waals surface area contributed by atoms with Crippen molar-refractivity contribution in [1.82, 2.24) is 9.55 Å². The number of nitrogens with zero attached hydrogens (tertiary/aromatic N) is 3. The summed E-state index contributed by atoms with van der Waals surface area (Å²) < 4.78 is 8.20. The maximum absolute atomic E-state index is 13.5. The minimum atomic E-state index is -0.318. The Kier molecular flexibility index (Phi) is 6.26. The summed E-state index contributed by atoms with van der Waals surface area (Å²) in [6.07, 6.45) is -0.318. The first-order valence-electron chi connectivity index (χ1n) is 11.0. The number of carbonyl (C=O) groups is 1. The fraction of sp³-hybridized carbons (Fsp3) is 0.259. The topological polar surface area (TPSA) is 47.4 Å². The molecule has 0 aliphatic heterocycles. The largest absolute Gasteiger partial charge is 0.483 e. The molecule has 0 bridgehead atoms. The lowest BCUT2D eigenvalue weighted by Crippen LogP contribution is -2.39. The fourth-order valence-electron chi connectivity index (χ4n) is 4.05. The number of carbonyl (C=O) groups excluding carboxylic acids is 1. The van der Waals surface area contributed by atoms with Gasteiger partial charge in [0.2, 0.25) is 5.91 Å². The zero-order chi connectivity index (χ0) is 22.7. The molecule has 1 heterocycles. The lowest BCUT2D eigenvalue weighted by atomic mass is 10.2. The standard InChI is InChI=1S/C27H29N3O2/c1-19(2)30(22-12-6-5-7-13-22)26(31)18-29-25-16-9-8-15-24(25)28-27(29)21(4)32-23-14-10-11-20(3)17-23/h5-17,19,21H,18H2,1-4H3/t21-/m0/s1. The Morgan fingerprint density at radius 2 is 1.69 bits per heavy atom. The Hall–Kier alpha value is -3.60. The van der Waals surface area contributed by atoms with E-state index in [9.17, 15) is 4.79 Å². The summed E-state index contributed by atoms with van der Waals surface area (Å²) in [4.78, 5) is 20.2. The molecule has 0 saturated carbocycles. The second-order valence-electron chi connectivity index (χ2n) is 8.31. The molecule has 164 valence electrons. The number of imidazole rings is 1. The number of anilines is 1. The van der Waals surface area contributed by atoms with E-state index in [1.54, 1.807) is 0 Å². The van der Waals surface area contributed by atoms with Gasteiger partial charge in [0.15, 0.2) is 11.9 Å². The first-order chi connectivity index (χ1) is 15.4. The number of aromatic nitrogens is 2. The molecular weight excluding hydrogens is 398 g/mol. The normalized spacial score (nSPS) is 12.2. The highest BCUT2D eigenvalue weighted by molar-refractivity contribution is 5.94. The number of hydrogen-bond acceptors (Lipinski definition) is 3. The summed E-state index contributed by atoms with van der Waals surface area (Å²) in [6.45, 7) is 8.25. The monoisotopic (exact) mass is 427 g/mol. The Morgan fingerprint density at radius 1 is 0.969 bits per heavy atom. The predicted octanol–water partition coefficient (Wildman–Crippen LogP) is 5.93. The minimum Gasteiger partial charge on any atom is -0.483 e. The second kappa shape index (κ2) is 9.27. The molecule has 0 radical (unpaired) electrons. The molecule has 5 nitrogen and oxygen atoms in total. The van der Waals surface area contributed by atoms with Crippen LogP contribution in [0.5, 0.6) is 5.75 Å². The highest BCUT2D eigenvalue weighted by Gasteiger charge is 2.24. The average molecular weight is 428 g/mol. The van der Waals surface area contributed by atoms with Crippen LogP contribution in [0.1, 0.15) is 38.3 Å². The highest BCUT2D eigenvalue weighted by Crippen LogP contribution is 2.27. The number of rotatable bonds is 7. The number of ether oxygens (including phenoxy) is 1. The zero-order valence-electron chi connectivity index (χ0n) is 19.0. The van der Waals surface area contributed by atoms with E-state index in [2.05, 4.69) is 0 Å². The van der Waals surface area contributed by atoms with E-state index < -0.39 is 0 Å². The molecular formula is C27H29N3O2. The van der Waals surface area contributed by atoms with Crippen LogP contribution in [0.25, 0.3) is 11.0 Å². The first kappa shape index (κ1) is 21.6. The number of amides is 1. The van der Waals surface area contributed by atoms with Crippen LogP contribution in [0.15, 0.2) is 78.9 Å². The average Bonchev–Trinajstić information content (AvgIpc) is 3.13. The maximum atomic E-state index is 13.5. The zero-order valence-corrected chi connectivity index (χ0v) is 19.0. The summed E-state index contributed by atoms with van der Waals surface area (Å²) >= 11 is 0. The van der Waals surface area contributed by atoms with E-state index in [-0.39, 0.29) is 24.6 Å². The van der Waals surface area contributed by atoms with Crippen molar-refractivity contribution in [1.29, 1.82) is 0 Å². The molecule has 5 heteroatoms. The smallest absolute Gasteiger partial charge is 0.247 e. The number of benzene rings is 3. The number of para-hydroxylation sites is 3. The SMILES string of the molecule is Cc1cccc(O[C@@H](C)c2nc3ccccc3n2CC(=O)N(c2ccccc2)C(C)C)c1. The lowest BCUT2D eigenvalue weighted by Gasteiger charge is -2.28. The molecule has 4 aromatic rings. The molecule has 4 rings (SSSR count). The Bertz CT molecular complexity index is 1210. The Morgan fingerprint density at radius 3 is 2.41 bits per heavy atom. The molecule has 0 spiro atoms. The quantitative estimate of drug-likeness (QED) is 0.367. The molecule has 0 saturated heterocycles. The van der Waals surface area contributed by atoms with E-state index in [1.807, 2.05) is 116 Å². The summed E-state index contributed by atoms with van der Waals surface area (Å²) in [5, 5.41) is 0. The summed E-state index contributed by atoms with van der Waals surface area (Å²) in [5.74, 6) is 1.53. The van der Waals surface area contributed by atoms with Gasteiger partial charge >= 0.3 is 0 Å².